The van der Waals surface area contributed by atoms with E-state index in [1.54, 1.807) is 0 Å². The van der Waals surface area contributed by atoms with Gasteiger partial charge in [0, 0.05) is 18.5 Å². The quantitative estimate of drug-likeness (QED) is 0.621. The first-order valence-corrected chi connectivity index (χ1v) is 7.17. The molecule has 0 spiro atoms. The van der Waals surface area contributed by atoms with Crippen LogP contribution in [0.25, 0.3) is 0 Å². The number of hydrogen-bond acceptors (Lipinski definition) is 5. The molecule has 1 rings (SSSR count). The van der Waals surface area contributed by atoms with Crippen molar-refractivity contribution in [3.63, 3.8) is 0 Å². The van der Waals surface area contributed by atoms with Crippen LogP contribution in [0.15, 0.2) is 23.4 Å². The van der Waals surface area contributed by atoms with E-state index in [2.05, 4.69) is 24.1 Å². The zero-order valence-corrected chi connectivity index (χ0v) is 11.8. The number of aliphatic hydroxyl groups is 2. The molecule has 0 aromatic carbocycles. The van der Waals surface area contributed by atoms with Crippen molar-refractivity contribution in [3.05, 3.63) is 23.9 Å². The van der Waals surface area contributed by atoms with Crippen molar-refractivity contribution in [2.75, 3.05) is 18.9 Å². The van der Waals surface area contributed by atoms with Crippen LogP contribution < -0.4 is 5.32 Å². The van der Waals surface area contributed by atoms with Crippen LogP contribution in [0.4, 0.5) is 0 Å². The first-order valence-electron chi connectivity index (χ1n) is 6.19. The van der Waals surface area contributed by atoms with E-state index in [-0.39, 0.29) is 6.61 Å². The van der Waals surface area contributed by atoms with Crippen LogP contribution in [0.5, 0.6) is 0 Å². The third-order valence-electron chi connectivity index (χ3n) is 2.31. The van der Waals surface area contributed by atoms with Gasteiger partial charge in [0.25, 0.3) is 0 Å². The minimum Gasteiger partial charge on any atom is -0.394 e. The van der Waals surface area contributed by atoms with Crippen LogP contribution >= 0.6 is 11.8 Å². The molecule has 5 heteroatoms. The molecule has 0 saturated carbocycles. The minimum atomic E-state index is -0.677. The van der Waals surface area contributed by atoms with E-state index >= 15 is 0 Å². The topological polar surface area (TPSA) is 65.4 Å². The fraction of sp³-hybridized carbons (Fsp3) is 0.615. The van der Waals surface area contributed by atoms with Crippen molar-refractivity contribution < 1.29 is 10.2 Å². The number of nitrogens with zero attached hydrogens (tertiary/aromatic N) is 1. The summed E-state index contributed by atoms with van der Waals surface area (Å²) in [6.45, 7) is 5.98. The molecular weight excluding hydrogens is 248 g/mol. The van der Waals surface area contributed by atoms with Gasteiger partial charge in [0.2, 0.25) is 0 Å². The molecule has 4 nitrogen and oxygen atoms in total. The highest BCUT2D eigenvalue weighted by atomic mass is 32.2. The SMILES string of the molecule is CC(C)CNCc1ccc(SCC(O)CO)nc1. The lowest BCUT2D eigenvalue weighted by molar-refractivity contribution is 0.113. The molecule has 0 radical (unpaired) electrons. The molecule has 0 bridgehead atoms. The Morgan fingerprint density at radius 3 is 2.72 bits per heavy atom. The Labute approximate surface area is 113 Å². The second-order valence-electron chi connectivity index (χ2n) is 4.68. The molecule has 1 heterocycles. The van der Waals surface area contributed by atoms with Gasteiger partial charge in [-0.2, -0.15) is 0 Å². The molecular formula is C13H22N2O2S. The number of thioether (sulfide) groups is 1. The van der Waals surface area contributed by atoms with E-state index in [0.29, 0.717) is 11.7 Å². The molecule has 18 heavy (non-hydrogen) atoms. The maximum absolute atomic E-state index is 9.23. The Bertz CT molecular complexity index is 330. The van der Waals surface area contributed by atoms with Crippen LogP contribution in [0.2, 0.25) is 0 Å². The van der Waals surface area contributed by atoms with Gasteiger partial charge in [-0.1, -0.05) is 19.9 Å². The normalized spacial score (nSPS) is 12.9. The summed E-state index contributed by atoms with van der Waals surface area (Å²) in [5, 5.41) is 22.2. The molecule has 1 atom stereocenters. The number of aromatic nitrogens is 1. The molecule has 0 aliphatic heterocycles. The van der Waals surface area contributed by atoms with Crippen LogP contribution in [-0.2, 0) is 6.54 Å². The number of aliphatic hydroxyl groups excluding tert-OH is 2. The number of nitrogens with one attached hydrogen (secondary N) is 1. The van der Waals surface area contributed by atoms with Crippen molar-refractivity contribution in [2.24, 2.45) is 5.92 Å². The van der Waals surface area contributed by atoms with Gasteiger partial charge in [-0.15, -0.1) is 11.8 Å². The lowest BCUT2D eigenvalue weighted by Crippen LogP contribution is -2.19. The predicted octanol–water partition coefficient (Wildman–Crippen LogP) is 1.27. The lowest BCUT2D eigenvalue weighted by Gasteiger charge is -2.08. The van der Waals surface area contributed by atoms with Gasteiger partial charge in [0.1, 0.15) is 0 Å². The van der Waals surface area contributed by atoms with Crippen molar-refractivity contribution in [2.45, 2.75) is 31.5 Å². The highest BCUT2D eigenvalue weighted by molar-refractivity contribution is 7.99. The highest BCUT2D eigenvalue weighted by Gasteiger charge is 2.04. The van der Waals surface area contributed by atoms with E-state index in [4.69, 9.17) is 5.11 Å². The van der Waals surface area contributed by atoms with Crippen molar-refractivity contribution >= 4 is 11.8 Å². The fourth-order valence-electron chi connectivity index (χ4n) is 1.34. The average Bonchev–Trinajstić information content (AvgIpc) is 2.37. The first-order chi connectivity index (χ1) is 8.61. The van der Waals surface area contributed by atoms with E-state index in [9.17, 15) is 5.11 Å². The Balaban J connectivity index is 2.33. The van der Waals surface area contributed by atoms with Gasteiger partial charge in [-0.05, 0) is 24.1 Å². The summed E-state index contributed by atoms with van der Waals surface area (Å²) in [7, 11) is 0. The Morgan fingerprint density at radius 1 is 1.39 bits per heavy atom. The third kappa shape index (κ3) is 6.35. The largest absolute Gasteiger partial charge is 0.394 e. The summed E-state index contributed by atoms with van der Waals surface area (Å²) >= 11 is 1.45. The summed E-state index contributed by atoms with van der Waals surface area (Å²) in [6, 6.07) is 3.98. The number of hydrogen-bond donors (Lipinski definition) is 3. The van der Waals surface area contributed by atoms with Gasteiger partial charge in [0.05, 0.1) is 17.7 Å². The van der Waals surface area contributed by atoms with Crippen LogP contribution in [0.3, 0.4) is 0 Å². The van der Waals surface area contributed by atoms with Crippen LogP contribution in [0, 0.1) is 5.92 Å². The summed E-state index contributed by atoms with van der Waals surface area (Å²) in [6.07, 6.45) is 1.17. The molecule has 102 valence electrons. The molecule has 1 unspecified atom stereocenters. The number of rotatable bonds is 8. The number of pyridine rings is 1. The summed E-state index contributed by atoms with van der Waals surface area (Å²) in [5.74, 6) is 1.11. The van der Waals surface area contributed by atoms with Crippen LogP contribution in [-0.4, -0.2) is 40.2 Å². The standard InChI is InChI=1S/C13H22N2O2S/c1-10(2)5-14-6-11-3-4-13(15-7-11)18-9-12(17)8-16/h3-4,7,10,12,14,16-17H,5-6,8-9H2,1-2H3. The van der Waals surface area contributed by atoms with Gasteiger partial charge in [-0.3, -0.25) is 0 Å². The van der Waals surface area contributed by atoms with Gasteiger partial charge >= 0.3 is 0 Å². The maximum Gasteiger partial charge on any atom is 0.0960 e. The van der Waals surface area contributed by atoms with Crippen molar-refractivity contribution in [1.82, 2.24) is 10.3 Å². The Hall–Kier alpha value is -0.620. The lowest BCUT2D eigenvalue weighted by atomic mass is 10.2. The van der Waals surface area contributed by atoms with E-state index in [1.165, 1.54) is 11.8 Å². The van der Waals surface area contributed by atoms with Crippen LogP contribution in [0.1, 0.15) is 19.4 Å². The monoisotopic (exact) mass is 270 g/mol. The molecule has 0 fully saturated rings. The van der Waals surface area contributed by atoms with Gasteiger partial charge in [0.15, 0.2) is 0 Å². The Morgan fingerprint density at radius 2 is 2.17 bits per heavy atom. The smallest absolute Gasteiger partial charge is 0.0960 e. The predicted molar refractivity (Wildman–Crippen MR) is 74.6 cm³/mol. The molecule has 0 saturated heterocycles. The molecule has 0 amide bonds. The zero-order chi connectivity index (χ0) is 13.4. The summed E-state index contributed by atoms with van der Waals surface area (Å²) < 4.78 is 0. The summed E-state index contributed by atoms with van der Waals surface area (Å²) in [4.78, 5) is 4.31. The second-order valence-corrected chi connectivity index (χ2v) is 5.72. The molecule has 0 aliphatic carbocycles. The molecule has 0 aliphatic rings. The summed E-state index contributed by atoms with van der Waals surface area (Å²) in [5.41, 5.74) is 1.16. The van der Waals surface area contributed by atoms with Gasteiger partial charge in [-0.25, -0.2) is 4.98 Å². The second kappa shape index (κ2) is 8.48. The first kappa shape index (κ1) is 15.4. The van der Waals surface area contributed by atoms with E-state index < -0.39 is 6.10 Å². The Kier molecular flexibility index (Phi) is 7.27. The maximum atomic E-state index is 9.23. The van der Waals surface area contributed by atoms with Crippen molar-refractivity contribution in [1.29, 1.82) is 0 Å². The highest BCUT2D eigenvalue weighted by Crippen LogP contribution is 2.16. The molecule has 1 aromatic heterocycles. The van der Waals surface area contributed by atoms with E-state index in [0.717, 1.165) is 23.7 Å². The third-order valence-corrected chi connectivity index (χ3v) is 3.40. The van der Waals surface area contributed by atoms with Gasteiger partial charge < -0.3 is 15.5 Å². The molecule has 3 N–H and O–H groups in total. The zero-order valence-electron chi connectivity index (χ0n) is 11.0. The molecule has 1 aromatic rings. The average molecular weight is 270 g/mol. The van der Waals surface area contributed by atoms with Crippen molar-refractivity contribution in [3.8, 4) is 0 Å². The minimum absolute atomic E-state index is 0.204. The fourth-order valence-corrected chi connectivity index (χ4v) is 2.10. The van der Waals surface area contributed by atoms with E-state index in [1.807, 2.05) is 18.3 Å².